The molecular formula is C15H13ClN2O5S. The van der Waals surface area contributed by atoms with Crippen LogP contribution >= 0.6 is 22.9 Å². The molecule has 1 unspecified atom stereocenters. The number of nitro groups is 1. The summed E-state index contributed by atoms with van der Waals surface area (Å²) in [6.07, 6.45) is -1.02. The first-order valence-electron chi connectivity index (χ1n) is 6.83. The monoisotopic (exact) mass is 368 g/mol. The molecular weight excluding hydrogens is 356 g/mol. The second-order valence-electron chi connectivity index (χ2n) is 4.77. The molecule has 1 atom stereocenters. The molecule has 24 heavy (non-hydrogen) atoms. The third kappa shape index (κ3) is 4.53. The Morgan fingerprint density at radius 1 is 1.42 bits per heavy atom. The van der Waals surface area contributed by atoms with Crippen LogP contribution in [0.15, 0.2) is 35.7 Å². The highest BCUT2D eigenvalue weighted by atomic mass is 35.5. The zero-order chi connectivity index (χ0) is 17.7. The van der Waals surface area contributed by atoms with Crippen molar-refractivity contribution in [2.45, 2.75) is 19.6 Å². The first-order valence-corrected chi connectivity index (χ1v) is 8.09. The maximum Gasteiger partial charge on any atom is 0.340 e. The quantitative estimate of drug-likeness (QED) is 0.479. The van der Waals surface area contributed by atoms with Gasteiger partial charge in [0.1, 0.15) is 0 Å². The first-order chi connectivity index (χ1) is 11.4. The number of esters is 1. The van der Waals surface area contributed by atoms with Crippen LogP contribution in [0.2, 0.25) is 5.02 Å². The molecule has 0 saturated heterocycles. The van der Waals surface area contributed by atoms with Crippen molar-refractivity contribution in [2.75, 3.05) is 0 Å². The molecule has 0 radical (unpaired) electrons. The molecule has 1 N–H and O–H groups in total. The summed E-state index contributed by atoms with van der Waals surface area (Å²) >= 11 is 7.35. The fourth-order valence-electron chi connectivity index (χ4n) is 1.79. The standard InChI is InChI=1S/C15H13ClN2O5S/c1-9(14(19)17-8-11-3-2-6-24-11)23-15(20)12-5-4-10(18(21)22)7-13(12)16/h2-7,9H,8H2,1H3,(H,17,19). The van der Waals surface area contributed by atoms with Crippen LogP contribution in [0.4, 0.5) is 5.69 Å². The molecule has 0 fully saturated rings. The number of halogens is 1. The van der Waals surface area contributed by atoms with E-state index in [2.05, 4.69) is 5.32 Å². The zero-order valence-electron chi connectivity index (χ0n) is 12.5. The number of nitro benzene ring substituents is 1. The third-order valence-electron chi connectivity index (χ3n) is 3.05. The number of nitrogens with zero attached hydrogens (tertiary/aromatic N) is 1. The number of benzene rings is 1. The average molecular weight is 369 g/mol. The fraction of sp³-hybridized carbons (Fsp3) is 0.200. The van der Waals surface area contributed by atoms with Crippen LogP contribution in [-0.4, -0.2) is 22.9 Å². The number of thiophene rings is 1. The maximum absolute atomic E-state index is 12.0. The van der Waals surface area contributed by atoms with Gasteiger partial charge >= 0.3 is 5.97 Å². The Hall–Kier alpha value is -2.45. The van der Waals surface area contributed by atoms with Gasteiger partial charge in [-0.05, 0) is 24.4 Å². The normalized spacial score (nSPS) is 11.6. The van der Waals surface area contributed by atoms with Gasteiger partial charge < -0.3 is 10.1 Å². The van der Waals surface area contributed by atoms with Crippen molar-refractivity contribution >= 4 is 40.5 Å². The molecule has 0 saturated carbocycles. The second-order valence-corrected chi connectivity index (χ2v) is 6.21. The van der Waals surface area contributed by atoms with E-state index in [1.807, 2.05) is 17.5 Å². The molecule has 0 aliphatic heterocycles. The number of carbonyl (C=O) groups is 2. The summed E-state index contributed by atoms with van der Waals surface area (Å²) in [4.78, 5) is 35.0. The second kappa shape index (κ2) is 7.89. The molecule has 0 spiro atoms. The number of nitrogens with one attached hydrogen (secondary N) is 1. The molecule has 1 aromatic heterocycles. The minimum absolute atomic E-state index is 0.0415. The van der Waals surface area contributed by atoms with Gasteiger partial charge in [-0.25, -0.2) is 4.79 Å². The van der Waals surface area contributed by atoms with Gasteiger partial charge in [-0.1, -0.05) is 17.7 Å². The van der Waals surface area contributed by atoms with E-state index in [-0.39, 0.29) is 16.3 Å². The van der Waals surface area contributed by atoms with E-state index in [0.29, 0.717) is 6.54 Å². The Morgan fingerprint density at radius 2 is 2.17 bits per heavy atom. The van der Waals surface area contributed by atoms with Gasteiger partial charge in [-0.3, -0.25) is 14.9 Å². The maximum atomic E-state index is 12.0. The van der Waals surface area contributed by atoms with Gasteiger partial charge in [0.05, 0.1) is 22.1 Å². The highest BCUT2D eigenvalue weighted by Gasteiger charge is 2.21. The molecule has 2 aromatic rings. The van der Waals surface area contributed by atoms with E-state index in [1.165, 1.54) is 24.3 Å². The largest absolute Gasteiger partial charge is 0.449 e. The number of hydrogen-bond donors (Lipinski definition) is 1. The summed E-state index contributed by atoms with van der Waals surface area (Å²) < 4.78 is 5.05. The molecule has 126 valence electrons. The van der Waals surface area contributed by atoms with Gasteiger partial charge in [-0.2, -0.15) is 0 Å². The van der Waals surface area contributed by atoms with Crippen LogP contribution in [0.3, 0.4) is 0 Å². The summed E-state index contributed by atoms with van der Waals surface area (Å²) in [5, 5.41) is 15.1. The molecule has 0 aliphatic carbocycles. The van der Waals surface area contributed by atoms with Crippen LogP contribution in [0.5, 0.6) is 0 Å². The Labute approximate surface area is 146 Å². The topological polar surface area (TPSA) is 98.5 Å². The number of hydrogen-bond acceptors (Lipinski definition) is 6. The summed E-state index contributed by atoms with van der Waals surface area (Å²) in [7, 11) is 0. The molecule has 0 aliphatic rings. The van der Waals surface area contributed by atoms with Gasteiger partial charge in [0.15, 0.2) is 6.10 Å². The summed E-state index contributed by atoms with van der Waals surface area (Å²) in [6, 6.07) is 7.13. The molecule has 2 rings (SSSR count). The van der Waals surface area contributed by atoms with Crippen LogP contribution in [0.25, 0.3) is 0 Å². The van der Waals surface area contributed by atoms with Crippen LogP contribution in [0.1, 0.15) is 22.2 Å². The van der Waals surface area contributed by atoms with E-state index in [9.17, 15) is 19.7 Å². The van der Waals surface area contributed by atoms with Crippen molar-refractivity contribution in [2.24, 2.45) is 0 Å². The van der Waals surface area contributed by atoms with E-state index < -0.39 is 22.9 Å². The first kappa shape index (κ1) is 17.9. The lowest BCUT2D eigenvalue weighted by atomic mass is 10.2. The predicted molar refractivity (Wildman–Crippen MR) is 89.1 cm³/mol. The Morgan fingerprint density at radius 3 is 2.75 bits per heavy atom. The number of ether oxygens (including phenoxy) is 1. The average Bonchev–Trinajstić information content (AvgIpc) is 3.05. The number of non-ortho nitro benzene ring substituents is 1. The van der Waals surface area contributed by atoms with Crippen molar-refractivity contribution < 1.29 is 19.2 Å². The minimum atomic E-state index is -1.02. The highest BCUT2D eigenvalue weighted by Crippen LogP contribution is 2.23. The van der Waals surface area contributed by atoms with Gasteiger partial charge in [-0.15, -0.1) is 11.3 Å². The van der Waals surface area contributed by atoms with Crippen molar-refractivity contribution in [3.63, 3.8) is 0 Å². The Bertz CT molecular complexity index is 763. The van der Waals surface area contributed by atoms with Gasteiger partial charge in [0.2, 0.25) is 0 Å². The summed E-state index contributed by atoms with van der Waals surface area (Å²) in [5.74, 6) is -1.27. The van der Waals surface area contributed by atoms with E-state index in [1.54, 1.807) is 0 Å². The lowest BCUT2D eigenvalue weighted by Gasteiger charge is -2.13. The van der Waals surface area contributed by atoms with Gasteiger partial charge in [0, 0.05) is 17.0 Å². The SMILES string of the molecule is CC(OC(=O)c1ccc([N+](=O)[O-])cc1Cl)C(=O)NCc1cccs1. The molecule has 1 heterocycles. The van der Waals surface area contributed by atoms with Crippen LogP contribution < -0.4 is 5.32 Å². The van der Waals surface area contributed by atoms with Crippen molar-refractivity contribution in [3.8, 4) is 0 Å². The van der Waals surface area contributed by atoms with Crippen molar-refractivity contribution in [3.05, 3.63) is 61.3 Å². The van der Waals surface area contributed by atoms with Crippen molar-refractivity contribution in [1.82, 2.24) is 5.32 Å². The Balaban J connectivity index is 1.95. The molecule has 1 amide bonds. The lowest BCUT2D eigenvalue weighted by molar-refractivity contribution is -0.384. The molecule has 9 heteroatoms. The summed E-state index contributed by atoms with van der Waals surface area (Å²) in [6.45, 7) is 1.78. The predicted octanol–water partition coefficient (Wildman–Crippen LogP) is 3.17. The van der Waals surface area contributed by atoms with E-state index in [0.717, 1.165) is 17.0 Å². The fourth-order valence-corrected chi connectivity index (χ4v) is 2.69. The lowest BCUT2D eigenvalue weighted by Crippen LogP contribution is -2.35. The third-order valence-corrected chi connectivity index (χ3v) is 4.24. The molecule has 1 aromatic carbocycles. The molecule has 7 nitrogen and oxygen atoms in total. The number of carbonyl (C=O) groups excluding carboxylic acids is 2. The van der Waals surface area contributed by atoms with E-state index in [4.69, 9.17) is 16.3 Å². The smallest absolute Gasteiger partial charge is 0.340 e. The van der Waals surface area contributed by atoms with Gasteiger partial charge in [0.25, 0.3) is 11.6 Å². The number of amides is 1. The summed E-state index contributed by atoms with van der Waals surface area (Å²) in [5.41, 5.74) is -0.279. The minimum Gasteiger partial charge on any atom is -0.449 e. The number of rotatable bonds is 6. The zero-order valence-corrected chi connectivity index (χ0v) is 14.1. The van der Waals surface area contributed by atoms with Crippen LogP contribution in [0, 0.1) is 10.1 Å². The van der Waals surface area contributed by atoms with Crippen molar-refractivity contribution in [1.29, 1.82) is 0 Å². The molecule has 0 bridgehead atoms. The van der Waals surface area contributed by atoms with Crippen LogP contribution in [-0.2, 0) is 16.1 Å². The Kier molecular flexibility index (Phi) is 5.88. The van der Waals surface area contributed by atoms with E-state index >= 15 is 0 Å². The highest BCUT2D eigenvalue weighted by molar-refractivity contribution is 7.09.